The van der Waals surface area contributed by atoms with Crippen LogP contribution in [0.25, 0.3) is 11.2 Å². The molecule has 3 heterocycles. The second-order valence-corrected chi connectivity index (χ2v) is 12.5. The number of fused-ring (bicyclic) bond motifs is 1. The van der Waals surface area contributed by atoms with Crippen LogP contribution < -0.4 is 5.32 Å². The summed E-state index contributed by atoms with van der Waals surface area (Å²) in [6.45, 7) is 1.63. The molecule has 1 aliphatic heterocycles. The highest BCUT2D eigenvalue weighted by atomic mass is 35.5. The Morgan fingerprint density at radius 3 is 2.50 bits per heavy atom. The lowest BCUT2D eigenvalue weighted by molar-refractivity contribution is -0.0549. The predicted octanol–water partition coefficient (Wildman–Crippen LogP) is 0.752. The van der Waals surface area contributed by atoms with Crippen molar-refractivity contribution < 1.29 is 43.3 Å². The van der Waals surface area contributed by atoms with Crippen LogP contribution in [0.1, 0.15) is 17.4 Å². The van der Waals surface area contributed by atoms with Crippen molar-refractivity contribution in [1.29, 1.82) is 0 Å². The maximum absolute atomic E-state index is 11.9. The third kappa shape index (κ3) is 6.26. The van der Waals surface area contributed by atoms with Crippen LogP contribution in [0.5, 0.6) is 0 Å². The molecule has 0 saturated carbocycles. The zero-order valence-corrected chi connectivity index (χ0v) is 21.2. The van der Waals surface area contributed by atoms with E-state index in [0.29, 0.717) is 6.54 Å². The van der Waals surface area contributed by atoms with Gasteiger partial charge in [0.05, 0.1) is 6.61 Å². The molecule has 6 N–H and O–H groups in total. The van der Waals surface area contributed by atoms with Crippen molar-refractivity contribution in [3.63, 3.8) is 0 Å². The normalized spacial score (nSPS) is 24.2. The van der Waals surface area contributed by atoms with Crippen molar-refractivity contribution in [2.75, 3.05) is 17.8 Å². The molecule has 3 aromatic rings. The predicted molar refractivity (Wildman–Crippen MR) is 125 cm³/mol. The van der Waals surface area contributed by atoms with Crippen LogP contribution in [-0.4, -0.2) is 80.7 Å². The first-order chi connectivity index (χ1) is 16.8. The summed E-state index contributed by atoms with van der Waals surface area (Å²) in [6.07, 6.45) is -5.85. The number of aliphatic hydroxyl groups excluding tert-OH is 2. The number of nitrogens with one attached hydrogen (secondary N) is 1. The average molecular weight is 565 g/mol. The number of aromatic nitrogens is 5. The summed E-state index contributed by atoms with van der Waals surface area (Å²) in [7, 11) is -9.54. The van der Waals surface area contributed by atoms with Gasteiger partial charge >= 0.3 is 15.2 Å². The number of hydrogen-bond donors (Lipinski definition) is 6. The van der Waals surface area contributed by atoms with Gasteiger partial charge in [0, 0.05) is 6.54 Å². The third-order valence-corrected chi connectivity index (χ3v) is 8.88. The zero-order valence-electron chi connectivity index (χ0n) is 18.6. The lowest BCUT2D eigenvalue weighted by Gasteiger charge is -2.18. The molecule has 1 aromatic carbocycles. The summed E-state index contributed by atoms with van der Waals surface area (Å²) in [5.74, 6) is -1.14. The molecule has 0 amide bonds. The van der Waals surface area contributed by atoms with E-state index in [1.165, 1.54) is 0 Å². The van der Waals surface area contributed by atoms with Gasteiger partial charge in [0.1, 0.15) is 18.3 Å². The molecule has 0 bridgehead atoms. The Morgan fingerprint density at radius 1 is 1.14 bits per heavy atom. The second-order valence-electron chi connectivity index (χ2n) is 8.17. The van der Waals surface area contributed by atoms with Crippen molar-refractivity contribution in [3.8, 4) is 0 Å². The minimum absolute atomic E-state index is 0.0774. The third-order valence-electron chi connectivity index (χ3n) is 5.26. The molecular formula is C18H23ClN6O9P2. The van der Waals surface area contributed by atoms with Gasteiger partial charge in [-0.05, 0) is 24.1 Å². The molecule has 0 radical (unpaired) electrons. The fourth-order valence-corrected chi connectivity index (χ4v) is 6.26. The number of aryl methyl sites for hydroxylation is 1. The van der Waals surface area contributed by atoms with Crippen LogP contribution in [0.2, 0.25) is 5.28 Å². The summed E-state index contributed by atoms with van der Waals surface area (Å²) >= 11 is 6.08. The molecule has 1 aliphatic rings. The van der Waals surface area contributed by atoms with Gasteiger partial charge in [-0.2, -0.15) is 14.6 Å². The van der Waals surface area contributed by atoms with E-state index in [4.69, 9.17) is 30.6 Å². The van der Waals surface area contributed by atoms with Crippen molar-refractivity contribution in [2.45, 2.75) is 38.0 Å². The first kappa shape index (κ1) is 27.0. The van der Waals surface area contributed by atoms with Gasteiger partial charge in [0.2, 0.25) is 5.28 Å². The lowest BCUT2D eigenvalue weighted by Crippen LogP contribution is -2.33. The standard InChI is InChI=1S/C18H23ClN6O9P2/c1-9-2-4-10(5-3-9)6-20-15-12-16(22-18(19)21-15)25(24-23-12)17-14(27)13(26)11(34-17)7-33-36(31,32)8-35(28,29)30/h2-5,11,13-14,17,26-27H,6-8H2,1H3,(H,31,32)(H,20,21,22)(H2,28,29,30)/t11-,13-,14-,17-/m1/s1. The van der Waals surface area contributed by atoms with Gasteiger partial charge in [0.25, 0.3) is 0 Å². The number of rotatable bonds is 9. The fourth-order valence-electron chi connectivity index (χ4n) is 3.52. The van der Waals surface area contributed by atoms with E-state index >= 15 is 0 Å². The van der Waals surface area contributed by atoms with E-state index in [1.54, 1.807) is 0 Å². The number of anilines is 1. The Hall–Kier alpha value is -2.03. The topological polar surface area (TPSA) is 222 Å². The molecule has 18 heteroatoms. The minimum atomic E-state index is -4.84. The smallest absolute Gasteiger partial charge is 0.340 e. The van der Waals surface area contributed by atoms with E-state index in [1.807, 2.05) is 31.2 Å². The number of aliphatic hydroxyl groups is 2. The minimum Gasteiger partial charge on any atom is -0.387 e. The highest BCUT2D eigenvalue weighted by molar-refractivity contribution is 7.70. The zero-order chi connectivity index (χ0) is 26.3. The van der Waals surface area contributed by atoms with Crippen LogP contribution in [0, 0.1) is 6.92 Å². The lowest BCUT2D eigenvalue weighted by atomic mass is 10.1. The molecule has 2 aromatic heterocycles. The van der Waals surface area contributed by atoms with Gasteiger partial charge in [-0.25, -0.2) is 0 Å². The average Bonchev–Trinajstić information content (AvgIpc) is 3.31. The summed E-state index contributed by atoms with van der Waals surface area (Å²) in [6, 6.07) is 7.80. The van der Waals surface area contributed by atoms with Gasteiger partial charge in [-0.15, -0.1) is 5.10 Å². The molecule has 196 valence electrons. The number of hydrogen-bond acceptors (Lipinski definition) is 11. The Kier molecular flexibility index (Phi) is 7.79. The summed E-state index contributed by atoms with van der Waals surface area (Å²) in [5.41, 5.74) is 2.36. The van der Waals surface area contributed by atoms with Gasteiger partial charge < -0.3 is 39.5 Å². The van der Waals surface area contributed by atoms with Crippen molar-refractivity contribution in [1.82, 2.24) is 25.0 Å². The Morgan fingerprint density at radius 2 is 1.83 bits per heavy atom. The number of halogens is 1. The van der Waals surface area contributed by atoms with E-state index in [2.05, 4.69) is 25.6 Å². The van der Waals surface area contributed by atoms with Crippen LogP contribution in [0.3, 0.4) is 0 Å². The molecule has 4 rings (SSSR count). The first-order valence-corrected chi connectivity index (χ1v) is 14.4. The van der Waals surface area contributed by atoms with Crippen molar-refractivity contribution in [2.24, 2.45) is 0 Å². The Bertz CT molecular complexity index is 1340. The van der Waals surface area contributed by atoms with Crippen molar-refractivity contribution >= 4 is 43.8 Å². The van der Waals surface area contributed by atoms with Crippen LogP contribution >= 0.6 is 26.8 Å². The monoisotopic (exact) mass is 564 g/mol. The molecule has 0 spiro atoms. The largest absolute Gasteiger partial charge is 0.387 e. The summed E-state index contributed by atoms with van der Waals surface area (Å²) in [5, 5.41) is 31.8. The molecule has 1 saturated heterocycles. The summed E-state index contributed by atoms with van der Waals surface area (Å²) in [4.78, 5) is 35.7. The molecule has 15 nitrogen and oxygen atoms in total. The summed E-state index contributed by atoms with van der Waals surface area (Å²) < 4.78 is 34.2. The number of ether oxygens (including phenoxy) is 1. The highest BCUT2D eigenvalue weighted by Crippen LogP contribution is 2.55. The number of nitrogens with zero attached hydrogens (tertiary/aromatic N) is 5. The highest BCUT2D eigenvalue weighted by Gasteiger charge is 2.46. The second kappa shape index (κ2) is 10.4. The van der Waals surface area contributed by atoms with Gasteiger partial charge in [-0.3, -0.25) is 9.13 Å². The molecule has 0 aliphatic carbocycles. The first-order valence-electron chi connectivity index (χ1n) is 10.4. The number of benzene rings is 1. The van der Waals surface area contributed by atoms with E-state index in [9.17, 15) is 24.2 Å². The molecule has 5 atom stereocenters. The van der Waals surface area contributed by atoms with E-state index in [0.717, 1.165) is 15.8 Å². The molecule has 1 fully saturated rings. The van der Waals surface area contributed by atoms with Crippen LogP contribution in [0.15, 0.2) is 24.3 Å². The maximum atomic E-state index is 11.9. The van der Waals surface area contributed by atoms with Crippen LogP contribution in [0.4, 0.5) is 5.82 Å². The fraction of sp³-hybridized carbons (Fsp3) is 0.444. The van der Waals surface area contributed by atoms with E-state index < -0.39 is 52.2 Å². The maximum Gasteiger partial charge on any atom is 0.340 e. The Balaban J connectivity index is 1.52. The molecule has 1 unspecified atom stereocenters. The van der Waals surface area contributed by atoms with Crippen LogP contribution in [-0.2, 0) is 24.9 Å². The SMILES string of the molecule is Cc1ccc(CNc2nc(Cl)nc3c2nnn3[C@@H]2O[C@H](COP(=O)(O)CP(=O)(O)O)[C@@H](O)[C@H]2O)cc1. The van der Waals surface area contributed by atoms with Crippen molar-refractivity contribution in [3.05, 3.63) is 40.7 Å². The van der Waals surface area contributed by atoms with Gasteiger partial charge in [0.15, 0.2) is 29.1 Å². The molecule has 36 heavy (non-hydrogen) atoms. The van der Waals surface area contributed by atoms with Gasteiger partial charge in [-0.1, -0.05) is 35.0 Å². The Labute approximate surface area is 208 Å². The molecular weight excluding hydrogens is 542 g/mol. The van der Waals surface area contributed by atoms with E-state index in [-0.39, 0.29) is 22.3 Å². The quantitative estimate of drug-likeness (QED) is 0.156.